The summed E-state index contributed by atoms with van der Waals surface area (Å²) in [5, 5.41) is 8.70. The Hall–Kier alpha value is -0.540. The molecule has 2 atom stereocenters. The van der Waals surface area contributed by atoms with E-state index >= 15 is 0 Å². The molecule has 0 aromatic carbocycles. The normalized spacial score (nSPS) is 14.9. The van der Waals surface area contributed by atoms with Gasteiger partial charge < -0.3 is 5.32 Å². The summed E-state index contributed by atoms with van der Waals surface area (Å²) < 4.78 is 2.04. The average molecular weight is 258 g/mol. The molecule has 1 N–H and O–H groups in total. The number of aromatic nitrogens is 2. The second kappa shape index (κ2) is 6.41. The van der Waals surface area contributed by atoms with E-state index in [0.717, 1.165) is 30.1 Å². The van der Waals surface area contributed by atoms with E-state index in [-0.39, 0.29) is 0 Å². The summed E-state index contributed by atoms with van der Waals surface area (Å²) in [6.07, 6.45) is 1.87. The number of rotatable bonds is 6. The molecule has 4 heteroatoms. The fraction of sp³-hybridized carbons (Fsp3) is 0.769. The summed E-state index contributed by atoms with van der Waals surface area (Å²) in [5.74, 6) is 0.546. The lowest BCUT2D eigenvalue weighted by Gasteiger charge is -2.19. The van der Waals surface area contributed by atoms with Crippen LogP contribution in [0.2, 0.25) is 5.02 Å². The molecule has 0 spiro atoms. The smallest absolute Gasteiger partial charge is 0.0849 e. The van der Waals surface area contributed by atoms with Crippen molar-refractivity contribution in [2.75, 3.05) is 7.05 Å². The van der Waals surface area contributed by atoms with Gasteiger partial charge in [-0.1, -0.05) is 25.4 Å². The van der Waals surface area contributed by atoms with Crippen LogP contribution in [0, 0.1) is 5.92 Å². The van der Waals surface area contributed by atoms with E-state index in [1.54, 1.807) is 0 Å². The van der Waals surface area contributed by atoms with Crippen LogP contribution in [0.15, 0.2) is 0 Å². The maximum atomic E-state index is 6.40. The van der Waals surface area contributed by atoms with Crippen molar-refractivity contribution in [2.45, 2.75) is 53.1 Å². The maximum absolute atomic E-state index is 6.40. The molecule has 17 heavy (non-hydrogen) atoms. The zero-order chi connectivity index (χ0) is 13.0. The number of nitrogens with one attached hydrogen (secondary N) is 1. The Bertz CT molecular complexity index is 360. The number of hydrogen-bond acceptors (Lipinski definition) is 2. The standard InChI is InChI=1S/C13H24ClN3/c1-6-11-13(14)12(17(7-2)16-11)8-9(3)10(4)15-5/h9-10,15H,6-8H2,1-5H3. The molecule has 0 aliphatic heterocycles. The summed E-state index contributed by atoms with van der Waals surface area (Å²) in [7, 11) is 2.00. The Morgan fingerprint density at radius 1 is 1.35 bits per heavy atom. The Balaban J connectivity index is 2.92. The van der Waals surface area contributed by atoms with Gasteiger partial charge in [0, 0.05) is 12.6 Å². The monoisotopic (exact) mass is 257 g/mol. The first-order valence-electron chi connectivity index (χ1n) is 6.46. The molecular formula is C13H24ClN3. The summed E-state index contributed by atoms with van der Waals surface area (Å²) in [5.41, 5.74) is 2.20. The molecule has 1 aromatic heterocycles. The molecule has 1 heterocycles. The first kappa shape index (κ1) is 14.5. The first-order valence-corrected chi connectivity index (χ1v) is 6.84. The van der Waals surface area contributed by atoms with Gasteiger partial charge in [-0.2, -0.15) is 5.10 Å². The van der Waals surface area contributed by atoms with Crippen LogP contribution in [0.5, 0.6) is 0 Å². The molecule has 1 aromatic rings. The first-order chi connectivity index (χ1) is 8.04. The van der Waals surface area contributed by atoms with Crippen LogP contribution in [0.3, 0.4) is 0 Å². The van der Waals surface area contributed by atoms with Crippen LogP contribution in [0.4, 0.5) is 0 Å². The van der Waals surface area contributed by atoms with Gasteiger partial charge in [0.15, 0.2) is 0 Å². The highest BCUT2D eigenvalue weighted by atomic mass is 35.5. The van der Waals surface area contributed by atoms with Crippen molar-refractivity contribution in [3.05, 3.63) is 16.4 Å². The minimum atomic E-state index is 0.483. The van der Waals surface area contributed by atoms with Gasteiger partial charge in [0.2, 0.25) is 0 Å². The molecule has 0 saturated carbocycles. The third-order valence-corrected chi connectivity index (χ3v) is 3.95. The summed E-state index contributed by atoms with van der Waals surface area (Å²) in [6.45, 7) is 9.54. The van der Waals surface area contributed by atoms with Gasteiger partial charge in [-0.15, -0.1) is 0 Å². The van der Waals surface area contributed by atoms with E-state index in [9.17, 15) is 0 Å². The molecule has 2 unspecified atom stereocenters. The lowest BCUT2D eigenvalue weighted by Crippen LogP contribution is -2.30. The molecule has 1 rings (SSSR count). The molecule has 0 radical (unpaired) electrons. The Kier molecular flexibility index (Phi) is 5.47. The van der Waals surface area contributed by atoms with Gasteiger partial charge in [0.1, 0.15) is 0 Å². The average Bonchev–Trinajstić information content (AvgIpc) is 2.65. The SMILES string of the molecule is CCc1nn(CC)c(CC(C)C(C)NC)c1Cl. The van der Waals surface area contributed by atoms with Crippen molar-refractivity contribution in [1.29, 1.82) is 0 Å². The van der Waals surface area contributed by atoms with Crippen LogP contribution in [0.1, 0.15) is 39.1 Å². The van der Waals surface area contributed by atoms with Gasteiger partial charge >= 0.3 is 0 Å². The predicted molar refractivity (Wildman–Crippen MR) is 73.7 cm³/mol. The van der Waals surface area contributed by atoms with Gasteiger partial charge in [-0.25, -0.2) is 0 Å². The quantitative estimate of drug-likeness (QED) is 0.849. The highest BCUT2D eigenvalue weighted by Crippen LogP contribution is 2.25. The van der Waals surface area contributed by atoms with E-state index in [1.807, 2.05) is 11.7 Å². The fourth-order valence-electron chi connectivity index (χ4n) is 1.98. The van der Waals surface area contributed by atoms with Crippen LogP contribution >= 0.6 is 11.6 Å². The lowest BCUT2D eigenvalue weighted by molar-refractivity contribution is 0.411. The van der Waals surface area contributed by atoms with Gasteiger partial charge in [-0.3, -0.25) is 4.68 Å². The second-order valence-corrected chi connectivity index (χ2v) is 5.01. The zero-order valence-corrected chi connectivity index (χ0v) is 12.3. The van der Waals surface area contributed by atoms with Crippen LogP contribution in [-0.2, 0) is 19.4 Å². The largest absolute Gasteiger partial charge is 0.317 e. The van der Waals surface area contributed by atoms with Crippen molar-refractivity contribution >= 4 is 11.6 Å². The highest BCUT2D eigenvalue weighted by Gasteiger charge is 2.19. The Labute approximate surface area is 110 Å². The molecule has 0 saturated heterocycles. The van der Waals surface area contributed by atoms with Crippen molar-refractivity contribution in [3.63, 3.8) is 0 Å². The molecule has 98 valence electrons. The van der Waals surface area contributed by atoms with E-state index < -0.39 is 0 Å². The molecule has 0 fully saturated rings. The molecule has 0 aliphatic carbocycles. The number of nitrogens with zero attached hydrogens (tertiary/aromatic N) is 2. The van der Waals surface area contributed by atoms with Gasteiger partial charge in [0.05, 0.1) is 16.4 Å². The van der Waals surface area contributed by atoms with Gasteiger partial charge in [0.25, 0.3) is 0 Å². The van der Waals surface area contributed by atoms with E-state index in [4.69, 9.17) is 11.6 Å². The van der Waals surface area contributed by atoms with E-state index in [1.165, 1.54) is 5.69 Å². The highest BCUT2D eigenvalue weighted by molar-refractivity contribution is 6.31. The molecule has 0 amide bonds. The number of aryl methyl sites for hydroxylation is 2. The minimum absolute atomic E-state index is 0.483. The lowest BCUT2D eigenvalue weighted by atomic mass is 9.97. The van der Waals surface area contributed by atoms with Crippen molar-refractivity contribution < 1.29 is 0 Å². The third kappa shape index (κ3) is 3.23. The molecule has 0 aliphatic rings. The van der Waals surface area contributed by atoms with Crippen molar-refractivity contribution in [2.24, 2.45) is 5.92 Å². The minimum Gasteiger partial charge on any atom is -0.317 e. The number of hydrogen-bond donors (Lipinski definition) is 1. The van der Waals surface area contributed by atoms with Crippen molar-refractivity contribution in [1.82, 2.24) is 15.1 Å². The topological polar surface area (TPSA) is 29.9 Å². The van der Waals surface area contributed by atoms with Gasteiger partial charge in [-0.05, 0) is 39.7 Å². The molecule has 0 bridgehead atoms. The van der Waals surface area contributed by atoms with E-state index in [2.05, 4.69) is 38.1 Å². The Morgan fingerprint density at radius 2 is 2.00 bits per heavy atom. The number of halogens is 1. The third-order valence-electron chi connectivity index (χ3n) is 3.52. The van der Waals surface area contributed by atoms with Crippen LogP contribution in [-0.4, -0.2) is 22.9 Å². The zero-order valence-electron chi connectivity index (χ0n) is 11.5. The molecular weight excluding hydrogens is 234 g/mol. The summed E-state index contributed by atoms with van der Waals surface area (Å²) in [6, 6.07) is 0.483. The van der Waals surface area contributed by atoms with Crippen LogP contribution < -0.4 is 5.32 Å². The van der Waals surface area contributed by atoms with Crippen LogP contribution in [0.25, 0.3) is 0 Å². The Morgan fingerprint density at radius 3 is 2.47 bits per heavy atom. The summed E-state index contributed by atoms with van der Waals surface area (Å²) >= 11 is 6.40. The fourth-order valence-corrected chi connectivity index (χ4v) is 2.32. The second-order valence-electron chi connectivity index (χ2n) is 4.64. The summed E-state index contributed by atoms with van der Waals surface area (Å²) in [4.78, 5) is 0. The predicted octanol–water partition coefficient (Wildman–Crippen LogP) is 2.91. The maximum Gasteiger partial charge on any atom is 0.0849 e. The molecule has 3 nitrogen and oxygen atoms in total. The van der Waals surface area contributed by atoms with Crippen molar-refractivity contribution in [3.8, 4) is 0 Å². The van der Waals surface area contributed by atoms with E-state index in [0.29, 0.717) is 12.0 Å².